The van der Waals surface area contributed by atoms with E-state index in [1.54, 1.807) is 19.2 Å². The van der Waals surface area contributed by atoms with Crippen molar-refractivity contribution in [2.75, 3.05) is 26.7 Å². The fraction of sp³-hybridized carbons (Fsp3) is 0.409. The molecule has 1 amide bonds. The zero-order chi connectivity index (χ0) is 18.8. The number of carbonyl (C=O) groups excluding carboxylic acids is 1. The third-order valence-electron chi connectivity index (χ3n) is 5.88. The number of halogens is 2. The molecule has 0 unspecified atom stereocenters. The van der Waals surface area contributed by atoms with Crippen LogP contribution in [0.2, 0.25) is 0 Å². The fourth-order valence-corrected chi connectivity index (χ4v) is 4.59. The third kappa shape index (κ3) is 4.01. The Hall–Kier alpha value is -2.11. The summed E-state index contributed by atoms with van der Waals surface area (Å²) in [6, 6.07) is 14.5. The van der Waals surface area contributed by atoms with Crippen molar-refractivity contribution in [2.24, 2.45) is 11.8 Å². The van der Waals surface area contributed by atoms with Crippen LogP contribution in [0, 0.1) is 17.7 Å². The Morgan fingerprint density at radius 1 is 1.21 bits per heavy atom. The fourth-order valence-electron chi connectivity index (χ4n) is 4.59. The van der Waals surface area contributed by atoms with Gasteiger partial charge in [-0.25, -0.2) is 4.39 Å². The molecule has 2 aliphatic heterocycles. The van der Waals surface area contributed by atoms with Crippen LogP contribution in [0.15, 0.2) is 48.5 Å². The summed E-state index contributed by atoms with van der Waals surface area (Å²) in [5.74, 6) is 1.48. The molecule has 2 fully saturated rings. The van der Waals surface area contributed by atoms with Gasteiger partial charge in [-0.1, -0.05) is 30.3 Å². The number of hydrogen-bond acceptors (Lipinski definition) is 3. The van der Waals surface area contributed by atoms with Crippen LogP contribution in [0.4, 0.5) is 4.39 Å². The topological polar surface area (TPSA) is 41.6 Å². The van der Waals surface area contributed by atoms with E-state index in [-0.39, 0.29) is 30.2 Å². The Morgan fingerprint density at radius 3 is 2.82 bits per heavy atom. The molecule has 150 valence electrons. The monoisotopic (exact) mass is 404 g/mol. The summed E-state index contributed by atoms with van der Waals surface area (Å²) in [5, 5.41) is 3.42. The second-order valence-electron chi connectivity index (χ2n) is 7.44. The lowest BCUT2D eigenvalue weighted by atomic mass is 9.89. The molecule has 0 radical (unpaired) electrons. The zero-order valence-corrected chi connectivity index (χ0v) is 16.8. The largest absolute Gasteiger partial charge is 0.496 e. The van der Waals surface area contributed by atoms with E-state index in [0.717, 1.165) is 36.5 Å². The molecule has 6 heteroatoms. The molecule has 0 aliphatic carbocycles. The Bertz CT molecular complexity index is 832. The Labute approximate surface area is 171 Å². The van der Waals surface area contributed by atoms with E-state index in [1.807, 2.05) is 35.2 Å². The van der Waals surface area contributed by atoms with Gasteiger partial charge in [0.25, 0.3) is 0 Å². The van der Waals surface area contributed by atoms with Gasteiger partial charge in [-0.2, -0.15) is 0 Å². The lowest BCUT2D eigenvalue weighted by Crippen LogP contribution is -2.34. The maximum atomic E-state index is 13.8. The molecular formula is C22H26ClFN2O2. The number of aryl methyl sites for hydroxylation is 1. The van der Waals surface area contributed by atoms with E-state index >= 15 is 0 Å². The van der Waals surface area contributed by atoms with Crippen molar-refractivity contribution in [1.29, 1.82) is 0 Å². The molecule has 2 aliphatic rings. The number of carbonyl (C=O) groups is 1. The van der Waals surface area contributed by atoms with Gasteiger partial charge < -0.3 is 15.0 Å². The van der Waals surface area contributed by atoms with Gasteiger partial charge >= 0.3 is 0 Å². The molecular weight excluding hydrogens is 379 g/mol. The Morgan fingerprint density at radius 2 is 2.04 bits per heavy atom. The van der Waals surface area contributed by atoms with Gasteiger partial charge in [0.05, 0.1) is 13.2 Å². The van der Waals surface area contributed by atoms with Gasteiger partial charge in [-0.15, -0.1) is 12.4 Å². The van der Waals surface area contributed by atoms with Gasteiger partial charge in [0.2, 0.25) is 5.91 Å². The van der Waals surface area contributed by atoms with Crippen molar-refractivity contribution in [3.63, 3.8) is 0 Å². The second-order valence-corrected chi connectivity index (χ2v) is 7.44. The van der Waals surface area contributed by atoms with Crippen molar-refractivity contribution in [1.82, 2.24) is 10.2 Å². The van der Waals surface area contributed by atoms with E-state index < -0.39 is 0 Å². The second kappa shape index (κ2) is 8.93. The van der Waals surface area contributed by atoms with Crippen LogP contribution in [-0.2, 0) is 11.2 Å². The van der Waals surface area contributed by atoms with Crippen LogP contribution >= 0.6 is 12.4 Å². The first-order chi connectivity index (χ1) is 13.2. The number of ether oxygens (including phenoxy) is 1. The van der Waals surface area contributed by atoms with Crippen molar-refractivity contribution in [3.8, 4) is 5.75 Å². The predicted molar refractivity (Wildman–Crippen MR) is 109 cm³/mol. The average Bonchev–Trinajstić information content (AvgIpc) is 3.27. The molecule has 2 heterocycles. The summed E-state index contributed by atoms with van der Waals surface area (Å²) in [7, 11) is 1.65. The van der Waals surface area contributed by atoms with Crippen LogP contribution in [0.5, 0.6) is 5.75 Å². The third-order valence-corrected chi connectivity index (χ3v) is 5.88. The van der Waals surface area contributed by atoms with Crippen LogP contribution in [0.25, 0.3) is 0 Å². The average molecular weight is 405 g/mol. The van der Waals surface area contributed by atoms with E-state index in [1.165, 1.54) is 6.07 Å². The highest BCUT2D eigenvalue weighted by Crippen LogP contribution is 2.43. The van der Waals surface area contributed by atoms with Crippen LogP contribution in [0.3, 0.4) is 0 Å². The summed E-state index contributed by atoms with van der Waals surface area (Å²) in [5.41, 5.74) is 1.94. The molecule has 1 N–H and O–H groups in total. The van der Waals surface area contributed by atoms with Crippen LogP contribution < -0.4 is 10.1 Å². The number of rotatable bonds is 5. The van der Waals surface area contributed by atoms with E-state index in [4.69, 9.17) is 4.74 Å². The molecule has 4 nitrogen and oxygen atoms in total. The van der Waals surface area contributed by atoms with Gasteiger partial charge in [-0.3, -0.25) is 4.79 Å². The minimum absolute atomic E-state index is 0. The molecule has 2 aromatic carbocycles. The van der Waals surface area contributed by atoms with Gasteiger partial charge in [0.1, 0.15) is 11.6 Å². The molecule has 0 saturated carbocycles. The van der Waals surface area contributed by atoms with Crippen molar-refractivity contribution < 1.29 is 13.9 Å². The zero-order valence-electron chi connectivity index (χ0n) is 15.9. The number of para-hydroxylation sites is 1. The van der Waals surface area contributed by atoms with Gasteiger partial charge in [0, 0.05) is 32.0 Å². The van der Waals surface area contributed by atoms with Crippen molar-refractivity contribution in [2.45, 2.75) is 18.9 Å². The van der Waals surface area contributed by atoms with Crippen LogP contribution in [-0.4, -0.2) is 37.6 Å². The lowest BCUT2D eigenvalue weighted by molar-refractivity contribution is -0.132. The minimum atomic E-state index is -0.247. The minimum Gasteiger partial charge on any atom is -0.496 e. The highest BCUT2D eigenvalue weighted by molar-refractivity contribution is 5.85. The molecule has 0 aromatic heterocycles. The maximum absolute atomic E-state index is 13.8. The first kappa shape index (κ1) is 20.6. The number of nitrogens with one attached hydrogen (secondary N) is 1. The quantitative estimate of drug-likeness (QED) is 0.827. The normalized spacial score (nSPS) is 23.2. The highest BCUT2D eigenvalue weighted by atomic mass is 35.5. The predicted octanol–water partition coefficient (Wildman–Crippen LogP) is 3.61. The van der Waals surface area contributed by atoms with E-state index in [9.17, 15) is 9.18 Å². The summed E-state index contributed by atoms with van der Waals surface area (Å²) < 4.78 is 19.2. The SMILES string of the molecule is COc1ccccc1CCC(=O)N1C[C@@H]2CNC[C@@H]2[C@H]1c1cccc(F)c1.Cl. The van der Waals surface area contributed by atoms with Crippen molar-refractivity contribution >= 4 is 18.3 Å². The number of nitrogens with zero attached hydrogens (tertiary/aromatic N) is 1. The Kier molecular flexibility index (Phi) is 6.57. The smallest absolute Gasteiger partial charge is 0.223 e. The summed E-state index contributed by atoms with van der Waals surface area (Å²) in [6.45, 7) is 2.54. The van der Waals surface area contributed by atoms with Crippen LogP contribution in [0.1, 0.15) is 23.6 Å². The van der Waals surface area contributed by atoms with Crippen molar-refractivity contribution in [3.05, 3.63) is 65.5 Å². The maximum Gasteiger partial charge on any atom is 0.223 e. The number of likely N-dealkylation sites (tertiary alicyclic amines) is 1. The lowest BCUT2D eigenvalue weighted by Gasteiger charge is -2.28. The van der Waals surface area contributed by atoms with E-state index in [0.29, 0.717) is 24.7 Å². The molecule has 0 bridgehead atoms. The molecule has 2 aromatic rings. The summed E-state index contributed by atoms with van der Waals surface area (Å²) >= 11 is 0. The van der Waals surface area contributed by atoms with Gasteiger partial charge in [0.15, 0.2) is 0 Å². The Balaban J connectivity index is 0.00000225. The molecule has 4 rings (SSSR count). The standard InChI is InChI=1S/C22H25FN2O2.ClH/c1-27-20-8-3-2-5-15(20)9-10-21(26)25-14-17-12-24-13-19(17)22(25)16-6-4-7-18(23)11-16;/h2-8,11,17,19,22,24H,9-10,12-14H2,1H3;1H/t17-,19-,22+;/m0./s1. The van der Waals surface area contributed by atoms with Gasteiger partial charge in [-0.05, 0) is 41.7 Å². The van der Waals surface area contributed by atoms with E-state index in [2.05, 4.69) is 5.32 Å². The summed E-state index contributed by atoms with van der Waals surface area (Å²) in [6.07, 6.45) is 1.07. The summed E-state index contributed by atoms with van der Waals surface area (Å²) in [4.78, 5) is 15.1. The number of benzene rings is 2. The molecule has 0 spiro atoms. The molecule has 28 heavy (non-hydrogen) atoms. The molecule has 2 saturated heterocycles. The number of hydrogen-bond donors (Lipinski definition) is 1. The molecule has 3 atom stereocenters. The first-order valence-electron chi connectivity index (χ1n) is 9.55. The number of methoxy groups -OCH3 is 1. The number of fused-ring (bicyclic) bond motifs is 1. The number of amides is 1. The first-order valence-corrected chi connectivity index (χ1v) is 9.55. The highest BCUT2D eigenvalue weighted by Gasteiger charge is 2.46.